The SMILES string of the molecule is COc1ccccc1C(NC(=O)CNC(=O)C(C)(C)C)c1nccn1C. The summed E-state index contributed by atoms with van der Waals surface area (Å²) in [6.07, 6.45) is 3.48. The Morgan fingerprint density at radius 3 is 2.54 bits per heavy atom. The van der Waals surface area contributed by atoms with Crippen LogP contribution < -0.4 is 15.4 Å². The van der Waals surface area contributed by atoms with E-state index in [1.54, 1.807) is 34.1 Å². The minimum atomic E-state index is -0.554. The first-order valence-electron chi connectivity index (χ1n) is 8.42. The molecule has 26 heavy (non-hydrogen) atoms. The third-order valence-electron chi connectivity index (χ3n) is 3.96. The van der Waals surface area contributed by atoms with Crippen molar-refractivity contribution in [1.82, 2.24) is 20.2 Å². The lowest BCUT2D eigenvalue weighted by Crippen LogP contribution is -2.43. The number of aromatic nitrogens is 2. The predicted molar refractivity (Wildman–Crippen MR) is 98.7 cm³/mol. The van der Waals surface area contributed by atoms with E-state index in [4.69, 9.17) is 4.74 Å². The van der Waals surface area contributed by atoms with Crippen LogP contribution in [0.4, 0.5) is 0 Å². The highest BCUT2D eigenvalue weighted by Crippen LogP contribution is 2.28. The van der Waals surface area contributed by atoms with Gasteiger partial charge in [0, 0.05) is 30.4 Å². The first-order valence-corrected chi connectivity index (χ1v) is 8.42. The minimum absolute atomic E-state index is 0.105. The summed E-state index contributed by atoms with van der Waals surface area (Å²) in [5.41, 5.74) is 0.238. The number of hydrogen-bond donors (Lipinski definition) is 2. The van der Waals surface area contributed by atoms with Gasteiger partial charge in [0.25, 0.3) is 0 Å². The van der Waals surface area contributed by atoms with E-state index in [0.717, 1.165) is 5.56 Å². The van der Waals surface area contributed by atoms with Crippen LogP contribution in [0.2, 0.25) is 0 Å². The standard InChI is InChI=1S/C19H26N4O3/c1-19(2,3)18(25)21-12-15(24)22-16(17-20-10-11-23(17)4)13-8-6-7-9-14(13)26-5/h6-11,16H,12H2,1-5H3,(H,21,25)(H,22,24). The summed E-state index contributed by atoms with van der Waals surface area (Å²) in [7, 11) is 3.44. The maximum Gasteiger partial charge on any atom is 0.240 e. The molecule has 1 aromatic heterocycles. The molecule has 2 aromatic rings. The first kappa shape index (κ1) is 19.5. The van der Waals surface area contributed by atoms with Gasteiger partial charge in [-0.05, 0) is 6.07 Å². The quantitative estimate of drug-likeness (QED) is 0.824. The Labute approximate surface area is 153 Å². The number of nitrogens with one attached hydrogen (secondary N) is 2. The summed E-state index contributed by atoms with van der Waals surface area (Å²) in [5, 5.41) is 5.60. The van der Waals surface area contributed by atoms with E-state index in [1.807, 2.05) is 42.1 Å². The fraction of sp³-hybridized carbons (Fsp3) is 0.421. The average Bonchev–Trinajstić information content (AvgIpc) is 3.02. The summed E-state index contributed by atoms with van der Waals surface area (Å²) in [4.78, 5) is 28.8. The molecule has 0 aliphatic carbocycles. The molecule has 2 N–H and O–H groups in total. The smallest absolute Gasteiger partial charge is 0.240 e. The molecule has 7 nitrogen and oxygen atoms in total. The van der Waals surface area contributed by atoms with E-state index in [2.05, 4.69) is 15.6 Å². The molecule has 7 heteroatoms. The minimum Gasteiger partial charge on any atom is -0.496 e. The second kappa shape index (κ2) is 8.03. The van der Waals surface area contributed by atoms with Crippen molar-refractivity contribution in [2.75, 3.05) is 13.7 Å². The zero-order valence-corrected chi connectivity index (χ0v) is 15.9. The molecule has 140 valence electrons. The molecule has 1 aromatic carbocycles. The van der Waals surface area contributed by atoms with Crippen LogP contribution >= 0.6 is 0 Å². The molecule has 0 radical (unpaired) electrons. The lowest BCUT2D eigenvalue weighted by Gasteiger charge is -2.22. The van der Waals surface area contributed by atoms with Gasteiger partial charge in [0.1, 0.15) is 17.6 Å². The Kier molecular flexibility index (Phi) is 6.02. The number of nitrogens with zero attached hydrogens (tertiary/aromatic N) is 2. The third-order valence-corrected chi connectivity index (χ3v) is 3.96. The van der Waals surface area contributed by atoms with Gasteiger partial charge in [-0.3, -0.25) is 9.59 Å². The number of imidazole rings is 1. The Bertz CT molecular complexity index is 777. The van der Waals surface area contributed by atoms with E-state index in [-0.39, 0.29) is 18.4 Å². The second-order valence-electron chi connectivity index (χ2n) is 7.07. The van der Waals surface area contributed by atoms with Crippen molar-refractivity contribution in [2.45, 2.75) is 26.8 Å². The van der Waals surface area contributed by atoms with E-state index in [0.29, 0.717) is 11.6 Å². The molecule has 0 saturated carbocycles. The highest BCUT2D eigenvalue weighted by molar-refractivity contribution is 5.87. The van der Waals surface area contributed by atoms with E-state index < -0.39 is 11.5 Å². The van der Waals surface area contributed by atoms with Gasteiger partial charge in [0.05, 0.1) is 13.7 Å². The molecule has 0 bridgehead atoms. The Morgan fingerprint density at radius 1 is 1.27 bits per heavy atom. The van der Waals surface area contributed by atoms with Crippen LogP contribution in [0.3, 0.4) is 0 Å². The lowest BCUT2D eigenvalue weighted by atomic mass is 9.96. The molecule has 1 unspecified atom stereocenters. The number of hydrogen-bond acceptors (Lipinski definition) is 4. The number of rotatable bonds is 6. The number of amides is 2. The zero-order chi connectivity index (χ0) is 19.3. The van der Waals surface area contributed by atoms with Gasteiger partial charge in [-0.1, -0.05) is 39.0 Å². The maximum absolute atomic E-state index is 12.5. The Morgan fingerprint density at radius 2 is 1.96 bits per heavy atom. The summed E-state index contributed by atoms with van der Waals surface area (Å²) >= 11 is 0. The predicted octanol–water partition coefficient (Wildman–Crippen LogP) is 1.80. The molecular formula is C19H26N4O3. The van der Waals surface area contributed by atoms with Crippen LogP contribution in [0.1, 0.15) is 38.2 Å². The third kappa shape index (κ3) is 4.62. The summed E-state index contributed by atoms with van der Waals surface area (Å²) in [5.74, 6) is 0.838. The maximum atomic E-state index is 12.5. The summed E-state index contributed by atoms with van der Waals surface area (Å²) in [6.45, 7) is 5.29. The van der Waals surface area contributed by atoms with Gasteiger partial charge in [-0.25, -0.2) is 4.98 Å². The Hall–Kier alpha value is -2.83. The zero-order valence-electron chi connectivity index (χ0n) is 15.9. The molecule has 1 atom stereocenters. The van der Waals surface area contributed by atoms with Crippen molar-refractivity contribution >= 4 is 11.8 Å². The van der Waals surface area contributed by atoms with Crippen LogP contribution in [-0.2, 0) is 16.6 Å². The summed E-state index contributed by atoms with van der Waals surface area (Å²) in [6, 6.07) is 6.96. The molecule has 0 aliphatic heterocycles. The van der Waals surface area contributed by atoms with Gasteiger partial charge in [-0.2, -0.15) is 0 Å². The molecule has 2 amide bonds. The highest BCUT2D eigenvalue weighted by Gasteiger charge is 2.25. The molecule has 0 saturated heterocycles. The van der Waals surface area contributed by atoms with Gasteiger partial charge in [-0.15, -0.1) is 0 Å². The van der Waals surface area contributed by atoms with Crippen molar-refractivity contribution < 1.29 is 14.3 Å². The van der Waals surface area contributed by atoms with Crippen molar-refractivity contribution in [1.29, 1.82) is 0 Å². The van der Waals surface area contributed by atoms with Gasteiger partial charge < -0.3 is 19.9 Å². The molecule has 0 fully saturated rings. The molecule has 0 aliphatic rings. The number of carbonyl (C=O) groups is 2. The summed E-state index contributed by atoms with van der Waals surface area (Å²) < 4.78 is 7.27. The number of benzene rings is 1. The van der Waals surface area contributed by atoms with Crippen LogP contribution in [0.5, 0.6) is 5.75 Å². The topological polar surface area (TPSA) is 85.2 Å². The number of methoxy groups -OCH3 is 1. The highest BCUT2D eigenvalue weighted by atomic mass is 16.5. The largest absolute Gasteiger partial charge is 0.496 e. The van der Waals surface area contributed by atoms with E-state index >= 15 is 0 Å². The van der Waals surface area contributed by atoms with Crippen LogP contribution in [-0.4, -0.2) is 35.0 Å². The van der Waals surface area contributed by atoms with Crippen molar-refractivity contribution in [3.63, 3.8) is 0 Å². The Balaban J connectivity index is 2.22. The normalized spacial score (nSPS) is 12.3. The molecule has 0 spiro atoms. The van der Waals surface area contributed by atoms with Gasteiger partial charge >= 0.3 is 0 Å². The number of ether oxygens (including phenoxy) is 1. The van der Waals surface area contributed by atoms with Crippen LogP contribution in [0.25, 0.3) is 0 Å². The van der Waals surface area contributed by atoms with Crippen LogP contribution in [0, 0.1) is 5.41 Å². The lowest BCUT2D eigenvalue weighted by molar-refractivity contribution is -0.131. The van der Waals surface area contributed by atoms with E-state index in [9.17, 15) is 9.59 Å². The number of para-hydroxylation sites is 1. The monoisotopic (exact) mass is 358 g/mol. The van der Waals surface area contributed by atoms with E-state index in [1.165, 1.54) is 0 Å². The van der Waals surface area contributed by atoms with Gasteiger partial charge in [0.2, 0.25) is 11.8 Å². The van der Waals surface area contributed by atoms with Crippen LogP contribution in [0.15, 0.2) is 36.7 Å². The number of carbonyl (C=O) groups excluding carboxylic acids is 2. The molecule has 2 rings (SSSR count). The second-order valence-corrected chi connectivity index (χ2v) is 7.07. The molecular weight excluding hydrogens is 332 g/mol. The average molecular weight is 358 g/mol. The fourth-order valence-electron chi connectivity index (χ4n) is 2.48. The fourth-order valence-corrected chi connectivity index (χ4v) is 2.48. The number of aryl methyl sites for hydroxylation is 1. The van der Waals surface area contributed by atoms with Crippen molar-refractivity contribution in [2.24, 2.45) is 12.5 Å². The first-order chi connectivity index (χ1) is 12.2. The van der Waals surface area contributed by atoms with Crippen molar-refractivity contribution in [3.8, 4) is 5.75 Å². The van der Waals surface area contributed by atoms with Crippen molar-refractivity contribution in [3.05, 3.63) is 48.0 Å². The molecule has 1 heterocycles. The van der Waals surface area contributed by atoms with Gasteiger partial charge in [0.15, 0.2) is 0 Å².